The van der Waals surface area contributed by atoms with E-state index in [-0.39, 0.29) is 0 Å². The maximum absolute atomic E-state index is 5.17. The molecule has 1 N–H and O–H groups in total. The normalized spacial score (nSPS) is 16.3. The molecule has 0 radical (unpaired) electrons. The fourth-order valence-electron chi connectivity index (χ4n) is 1.10. The molecule has 0 aromatic carbocycles. The molecule has 60 valence electrons. The molecule has 0 saturated carbocycles. The molecule has 0 unspecified atom stereocenters. The molecule has 0 atom stereocenters. The van der Waals surface area contributed by atoms with Gasteiger partial charge in [0.2, 0.25) is 0 Å². The van der Waals surface area contributed by atoms with Crippen LogP contribution in [0.15, 0.2) is 24.4 Å². The van der Waals surface area contributed by atoms with E-state index in [0.717, 1.165) is 22.6 Å². The van der Waals surface area contributed by atoms with Gasteiger partial charge in [-0.2, -0.15) is 15.4 Å². The molecule has 3 nitrogen and oxygen atoms in total. The van der Waals surface area contributed by atoms with Gasteiger partial charge in [0.15, 0.2) is 0 Å². The number of H-pyrrole nitrogens is 1. The summed E-state index contributed by atoms with van der Waals surface area (Å²) >= 11 is 5.17. The Morgan fingerprint density at radius 2 is 2.42 bits per heavy atom. The first-order valence-electron chi connectivity index (χ1n) is 3.64. The standard InChI is InChI=1S/C8H7N3S/c12-8-4-2-1-3-6(8)7-5-9-11-10-7/h1-3,5H,4H2,(H,9,10,11). The summed E-state index contributed by atoms with van der Waals surface area (Å²) in [6.45, 7) is 0. The molecule has 0 spiro atoms. The third kappa shape index (κ3) is 1.21. The third-order valence-corrected chi connectivity index (χ3v) is 2.08. The van der Waals surface area contributed by atoms with Gasteiger partial charge in [0, 0.05) is 16.9 Å². The fraction of sp³-hybridized carbons (Fsp3) is 0.125. The van der Waals surface area contributed by atoms with Gasteiger partial charge in [0.05, 0.1) is 6.20 Å². The fourth-order valence-corrected chi connectivity index (χ4v) is 1.37. The van der Waals surface area contributed by atoms with E-state index in [0.29, 0.717) is 0 Å². The van der Waals surface area contributed by atoms with E-state index in [9.17, 15) is 0 Å². The van der Waals surface area contributed by atoms with Crippen LogP contribution >= 0.6 is 12.2 Å². The molecule has 0 fully saturated rings. The van der Waals surface area contributed by atoms with Crippen molar-refractivity contribution in [3.63, 3.8) is 0 Å². The van der Waals surface area contributed by atoms with Crippen LogP contribution in [0, 0.1) is 0 Å². The van der Waals surface area contributed by atoms with Crippen molar-refractivity contribution in [3.8, 4) is 0 Å². The van der Waals surface area contributed by atoms with Gasteiger partial charge in [-0.1, -0.05) is 30.4 Å². The zero-order chi connectivity index (χ0) is 8.39. The quantitative estimate of drug-likeness (QED) is 0.661. The lowest BCUT2D eigenvalue weighted by Crippen LogP contribution is -2.00. The molecule has 2 rings (SSSR count). The topological polar surface area (TPSA) is 41.6 Å². The van der Waals surface area contributed by atoms with Gasteiger partial charge >= 0.3 is 0 Å². The highest BCUT2D eigenvalue weighted by atomic mass is 32.1. The number of aromatic amines is 1. The summed E-state index contributed by atoms with van der Waals surface area (Å²) in [4.78, 5) is 0.923. The third-order valence-electron chi connectivity index (χ3n) is 1.69. The van der Waals surface area contributed by atoms with Crippen LogP contribution in [0.2, 0.25) is 0 Å². The first-order chi connectivity index (χ1) is 5.88. The number of thiocarbonyl (C=S) groups is 1. The lowest BCUT2D eigenvalue weighted by atomic mass is 10.0. The van der Waals surface area contributed by atoms with Crippen molar-refractivity contribution >= 4 is 22.7 Å². The lowest BCUT2D eigenvalue weighted by Gasteiger charge is -2.05. The van der Waals surface area contributed by atoms with Crippen molar-refractivity contribution in [1.29, 1.82) is 0 Å². The van der Waals surface area contributed by atoms with Gasteiger partial charge in [-0.3, -0.25) is 0 Å². The first kappa shape index (κ1) is 7.36. The largest absolute Gasteiger partial charge is 0.197 e. The Balaban J connectivity index is 2.40. The average Bonchev–Trinajstić information content (AvgIpc) is 2.57. The molecule has 1 aliphatic rings. The number of hydrogen-bond acceptors (Lipinski definition) is 3. The molecule has 0 saturated heterocycles. The zero-order valence-electron chi connectivity index (χ0n) is 6.32. The zero-order valence-corrected chi connectivity index (χ0v) is 7.14. The predicted octanol–water partition coefficient (Wildman–Crippen LogP) is 1.52. The maximum Gasteiger partial charge on any atom is 0.113 e. The Bertz CT molecular complexity index is 348. The van der Waals surface area contributed by atoms with Crippen molar-refractivity contribution in [2.45, 2.75) is 6.42 Å². The second-order valence-electron chi connectivity index (χ2n) is 2.49. The Morgan fingerprint density at radius 1 is 1.50 bits per heavy atom. The number of rotatable bonds is 1. The number of aromatic nitrogens is 3. The Hall–Kier alpha value is -1.29. The lowest BCUT2D eigenvalue weighted by molar-refractivity contribution is 0.936. The predicted molar refractivity (Wildman–Crippen MR) is 50.7 cm³/mol. The van der Waals surface area contributed by atoms with E-state index in [1.54, 1.807) is 6.20 Å². The average molecular weight is 177 g/mol. The first-order valence-corrected chi connectivity index (χ1v) is 4.05. The molecular weight excluding hydrogens is 170 g/mol. The van der Waals surface area contributed by atoms with E-state index >= 15 is 0 Å². The number of nitrogens with one attached hydrogen (secondary N) is 1. The van der Waals surface area contributed by atoms with Crippen LogP contribution in [0.1, 0.15) is 12.1 Å². The molecule has 1 aliphatic carbocycles. The number of nitrogens with zero attached hydrogens (tertiary/aromatic N) is 2. The SMILES string of the molecule is S=C1CC=CC=C1c1cn[nH]n1. The van der Waals surface area contributed by atoms with Crippen LogP contribution in [0.5, 0.6) is 0 Å². The van der Waals surface area contributed by atoms with Crippen LogP contribution in [-0.4, -0.2) is 20.3 Å². The maximum atomic E-state index is 5.17. The van der Waals surface area contributed by atoms with Gasteiger partial charge in [-0.15, -0.1) is 0 Å². The second-order valence-corrected chi connectivity index (χ2v) is 2.98. The van der Waals surface area contributed by atoms with E-state index in [2.05, 4.69) is 15.4 Å². The van der Waals surface area contributed by atoms with Crippen LogP contribution in [0.25, 0.3) is 5.57 Å². The Morgan fingerprint density at radius 3 is 3.08 bits per heavy atom. The summed E-state index contributed by atoms with van der Waals surface area (Å²) in [7, 11) is 0. The summed E-state index contributed by atoms with van der Waals surface area (Å²) in [5.74, 6) is 0. The summed E-state index contributed by atoms with van der Waals surface area (Å²) < 4.78 is 0. The minimum Gasteiger partial charge on any atom is -0.197 e. The van der Waals surface area contributed by atoms with Gasteiger partial charge in [0.1, 0.15) is 5.69 Å². The Labute approximate surface area is 75.2 Å². The van der Waals surface area contributed by atoms with E-state index < -0.39 is 0 Å². The van der Waals surface area contributed by atoms with Crippen molar-refractivity contribution in [1.82, 2.24) is 15.4 Å². The van der Waals surface area contributed by atoms with Crippen molar-refractivity contribution in [2.24, 2.45) is 0 Å². The monoisotopic (exact) mass is 177 g/mol. The highest BCUT2D eigenvalue weighted by Crippen LogP contribution is 2.18. The van der Waals surface area contributed by atoms with Crippen LogP contribution in [0.4, 0.5) is 0 Å². The molecule has 0 amide bonds. The van der Waals surface area contributed by atoms with Crippen LogP contribution < -0.4 is 0 Å². The molecule has 0 bridgehead atoms. The summed E-state index contributed by atoms with van der Waals surface area (Å²) in [6.07, 6.45) is 8.49. The van der Waals surface area contributed by atoms with Crippen molar-refractivity contribution in [3.05, 3.63) is 30.1 Å². The summed E-state index contributed by atoms with van der Waals surface area (Å²) in [6, 6.07) is 0. The molecular formula is C8H7N3S. The smallest absolute Gasteiger partial charge is 0.113 e. The molecule has 12 heavy (non-hydrogen) atoms. The molecule has 1 heterocycles. The molecule has 4 heteroatoms. The van der Waals surface area contributed by atoms with Crippen molar-refractivity contribution in [2.75, 3.05) is 0 Å². The Kier molecular flexibility index (Phi) is 1.83. The van der Waals surface area contributed by atoms with E-state index in [1.807, 2.05) is 18.2 Å². The summed E-state index contributed by atoms with van der Waals surface area (Å²) in [5, 5.41) is 10.3. The molecule has 1 aromatic rings. The minimum absolute atomic E-state index is 0.823. The number of hydrogen-bond donors (Lipinski definition) is 1. The van der Waals surface area contributed by atoms with E-state index in [4.69, 9.17) is 12.2 Å². The van der Waals surface area contributed by atoms with E-state index in [1.165, 1.54) is 0 Å². The highest BCUT2D eigenvalue weighted by Gasteiger charge is 2.10. The summed E-state index contributed by atoms with van der Waals surface area (Å²) in [5.41, 5.74) is 1.82. The minimum atomic E-state index is 0.823. The molecule has 1 aromatic heterocycles. The van der Waals surface area contributed by atoms with Crippen LogP contribution in [0.3, 0.4) is 0 Å². The van der Waals surface area contributed by atoms with Gasteiger partial charge < -0.3 is 0 Å². The van der Waals surface area contributed by atoms with Gasteiger partial charge in [-0.25, -0.2) is 0 Å². The van der Waals surface area contributed by atoms with Crippen molar-refractivity contribution < 1.29 is 0 Å². The number of allylic oxidation sites excluding steroid dienone is 4. The molecule has 0 aliphatic heterocycles. The highest BCUT2D eigenvalue weighted by molar-refractivity contribution is 7.81. The van der Waals surface area contributed by atoms with Crippen LogP contribution in [-0.2, 0) is 0 Å². The second kappa shape index (κ2) is 2.98. The van der Waals surface area contributed by atoms with Gasteiger partial charge in [0.25, 0.3) is 0 Å². The van der Waals surface area contributed by atoms with Gasteiger partial charge in [-0.05, 0) is 0 Å².